The Morgan fingerprint density at radius 1 is 1.09 bits per heavy atom. The predicted molar refractivity (Wildman–Crippen MR) is 121 cm³/mol. The van der Waals surface area contributed by atoms with Crippen molar-refractivity contribution in [1.29, 1.82) is 5.26 Å². The number of carbonyl (C=O) groups excluding carboxylic acids is 1. The van der Waals surface area contributed by atoms with Crippen LogP contribution in [0.3, 0.4) is 0 Å². The van der Waals surface area contributed by atoms with Crippen LogP contribution in [0, 0.1) is 17.1 Å². The zero-order valence-electron chi connectivity index (χ0n) is 16.8. The topological polar surface area (TPSA) is 73.4 Å². The molecule has 1 aliphatic rings. The number of hydrogen-bond donors (Lipinski definition) is 0. The fourth-order valence-corrected chi connectivity index (χ4v) is 3.86. The Morgan fingerprint density at radius 2 is 1.81 bits per heavy atom. The molecule has 1 aliphatic heterocycles. The van der Waals surface area contributed by atoms with Crippen molar-refractivity contribution in [1.82, 2.24) is 9.88 Å². The summed E-state index contributed by atoms with van der Waals surface area (Å²) in [4.78, 5) is 20.6. The van der Waals surface area contributed by atoms with Gasteiger partial charge in [-0.1, -0.05) is 35.3 Å². The van der Waals surface area contributed by atoms with Crippen molar-refractivity contribution >= 4 is 47.1 Å². The maximum atomic E-state index is 13.0. The van der Waals surface area contributed by atoms with Crippen LogP contribution in [0.4, 0.5) is 10.3 Å². The van der Waals surface area contributed by atoms with Crippen LogP contribution in [0.5, 0.6) is 0 Å². The van der Waals surface area contributed by atoms with Crippen LogP contribution in [0.2, 0.25) is 10.0 Å². The molecular weight excluding hydrogens is 454 g/mol. The first-order valence-electron chi connectivity index (χ1n) is 9.78. The van der Waals surface area contributed by atoms with E-state index in [1.807, 2.05) is 4.90 Å². The van der Waals surface area contributed by atoms with Crippen molar-refractivity contribution in [2.24, 2.45) is 0 Å². The molecule has 3 aromatic rings. The Hall–Kier alpha value is -3.34. The van der Waals surface area contributed by atoms with Gasteiger partial charge in [0.1, 0.15) is 11.9 Å². The van der Waals surface area contributed by atoms with Gasteiger partial charge in [-0.2, -0.15) is 10.2 Å². The molecule has 1 aromatic heterocycles. The van der Waals surface area contributed by atoms with E-state index < -0.39 is 0 Å². The molecule has 2 aromatic carbocycles. The lowest BCUT2D eigenvalue weighted by Gasteiger charge is -2.34. The Bertz CT molecular complexity index is 1210. The van der Waals surface area contributed by atoms with Crippen molar-refractivity contribution in [2.75, 3.05) is 31.1 Å². The van der Waals surface area contributed by atoms with Crippen molar-refractivity contribution in [3.8, 4) is 6.07 Å². The SMILES string of the molecule is N#Cc1nc(/C=C/c2ccc(F)cc2)oc1N1CCN(C(=O)c2ccc(Cl)cc2Cl)CC1. The van der Waals surface area contributed by atoms with Crippen molar-refractivity contribution in [3.63, 3.8) is 0 Å². The Kier molecular flexibility index (Phi) is 6.45. The molecule has 0 unspecified atom stereocenters. The molecule has 0 aliphatic carbocycles. The number of piperazine rings is 1. The van der Waals surface area contributed by atoms with E-state index in [0.29, 0.717) is 47.7 Å². The van der Waals surface area contributed by atoms with E-state index in [-0.39, 0.29) is 23.3 Å². The highest BCUT2D eigenvalue weighted by molar-refractivity contribution is 6.36. The number of anilines is 1. The largest absolute Gasteiger partial charge is 0.420 e. The summed E-state index contributed by atoms with van der Waals surface area (Å²) in [6, 6.07) is 12.8. The normalized spacial score (nSPS) is 14.1. The summed E-state index contributed by atoms with van der Waals surface area (Å²) in [5, 5.41) is 10.2. The number of oxazole rings is 1. The fourth-order valence-electron chi connectivity index (χ4n) is 3.37. The predicted octanol–water partition coefficient (Wildman–Crippen LogP) is 5.12. The van der Waals surface area contributed by atoms with Gasteiger partial charge in [0.2, 0.25) is 17.5 Å². The summed E-state index contributed by atoms with van der Waals surface area (Å²) in [7, 11) is 0. The number of rotatable bonds is 4. The second-order valence-corrected chi connectivity index (χ2v) is 7.95. The molecule has 162 valence electrons. The minimum absolute atomic E-state index is 0.171. The molecule has 0 bridgehead atoms. The molecule has 2 heterocycles. The van der Waals surface area contributed by atoms with E-state index in [1.54, 1.807) is 47.4 Å². The molecule has 0 saturated carbocycles. The van der Waals surface area contributed by atoms with Crippen LogP contribution < -0.4 is 4.90 Å². The smallest absolute Gasteiger partial charge is 0.255 e. The summed E-state index contributed by atoms with van der Waals surface area (Å²) in [5.74, 6) is 0.144. The van der Waals surface area contributed by atoms with Crippen LogP contribution in [-0.2, 0) is 0 Å². The molecule has 1 saturated heterocycles. The van der Waals surface area contributed by atoms with E-state index >= 15 is 0 Å². The van der Waals surface area contributed by atoms with Gasteiger partial charge in [-0.05, 0) is 42.0 Å². The average Bonchev–Trinajstić information content (AvgIpc) is 3.22. The highest BCUT2D eigenvalue weighted by atomic mass is 35.5. The number of hydrogen-bond acceptors (Lipinski definition) is 5. The second kappa shape index (κ2) is 9.43. The van der Waals surface area contributed by atoms with Gasteiger partial charge in [0, 0.05) is 37.3 Å². The first-order valence-corrected chi connectivity index (χ1v) is 10.5. The third-order valence-electron chi connectivity index (χ3n) is 5.04. The van der Waals surface area contributed by atoms with Gasteiger partial charge in [0.25, 0.3) is 5.91 Å². The quantitative estimate of drug-likeness (QED) is 0.528. The lowest BCUT2D eigenvalue weighted by atomic mass is 10.1. The van der Waals surface area contributed by atoms with Gasteiger partial charge < -0.3 is 14.2 Å². The summed E-state index contributed by atoms with van der Waals surface area (Å²) >= 11 is 12.1. The van der Waals surface area contributed by atoms with Crippen LogP contribution >= 0.6 is 23.2 Å². The van der Waals surface area contributed by atoms with E-state index in [9.17, 15) is 14.4 Å². The Balaban J connectivity index is 1.44. The first-order chi connectivity index (χ1) is 15.4. The highest BCUT2D eigenvalue weighted by Crippen LogP contribution is 2.26. The van der Waals surface area contributed by atoms with Crippen LogP contribution in [0.1, 0.15) is 27.5 Å². The molecule has 0 atom stereocenters. The number of nitrogens with zero attached hydrogens (tertiary/aromatic N) is 4. The van der Waals surface area contributed by atoms with Crippen molar-refractivity contribution in [2.45, 2.75) is 0 Å². The van der Waals surface area contributed by atoms with Gasteiger partial charge in [-0.25, -0.2) is 4.39 Å². The van der Waals surface area contributed by atoms with E-state index in [0.717, 1.165) is 5.56 Å². The zero-order chi connectivity index (χ0) is 22.7. The van der Waals surface area contributed by atoms with Crippen molar-refractivity contribution < 1.29 is 13.6 Å². The van der Waals surface area contributed by atoms with Crippen LogP contribution in [-0.4, -0.2) is 42.0 Å². The zero-order valence-corrected chi connectivity index (χ0v) is 18.3. The van der Waals surface area contributed by atoms with Gasteiger partial charge in [0.15, 0.2) is 0 Å². The van der Waals surface area contributed by atoms with Crippen LogP contribution in [0.25, 0.3) is 12.2 Å². The number of halogens is 3. The minimum atomic E-state index is -0.316. The maximum Gasteiger partial charge on any atom is 0.255 e. The molecule has 0 radical (unpaired) electrons. The molecule has 32 heavy (non-hydrogen) atoms. The van der Waals surface area contributed by atoms with Gasteiger partial charge in [-0.3, -0.25) is 4.79 Å². The standard InChI is InChI=1S/C23H17Cl2FN4O2/c24-16-4-7-18(19(25)13-16)22(31)29-9-11-30(12-10-29)23-20(14-27)28-21(32-23)8-3-15-1-5-17(26)6-2-15/h1-8,13H,9-12H2/b8-3+. The number of nitriles is 1. The molecule has 0 spiro atoms. The minimum Gasteiger partial charge on any atom is -0.420 e. The fraction of sp³-hybridized carbons (Fsp3) is 0.174. The van der Waals surface area contributed by atoms with Gasteiger partial charge in [0.05, 0.1) is 10.6 Å². The molecule has 1 fully saturated rings. The Morgan fingerprint density at radius 3 is 2.47 bits per heavy atom. The summed E-state index contributed by atoms with van der Waals surface area (Å²) < 4.78 is 18.8. The number of carbonyl (C=O) groups is 1. The number of aromatic nitrogens is 1. The molecule has 9 heteroatoms. The second-order valence-electron chi connectivity index (χ2n) is 7.11. The van der Waals surface area contributed by atoms with E-state index in [4.69, 9.17) is 27.6 Å². The third-order valence-corrected chi connectivity index (χ3v) is 5.58. The number of amides is 1. The monoisotopic (exact) mass is 470 g/mol. The molecule has 1 amide bonds. The maximum absolute atomic E-state index is 13.0. The Labute approximate surface area is 194 Å². The van der Waals surface area contributed by atoms with E-state index in [1.165, 1.54) is 12.1 Å². The van der Waals surface area contributed by atoms with Crippen LogP contribution in [0.15, 0.2) is 46.9 Å². The number of benzene rings is 2. The van der Waals surface area contributed by atoms with Crippen molar-refractivity contribution in [3.05, 3.63) is 81.0 Å². The summed E-state index contributed by atoms with van der Waals surface area (Å²) in [6.07, 6.45) is 3.35. The molecule has 0 N–H and O–H groups in total. The summed E-state index contributed by atoms with van der Waals surface area (Å²) in [6.45, 7) is 1.82. The summed E-state index contributed by atoms with van der Waals surface area (Å²) in [5.41, 5.74) is 1.34. The average molecular weight is 471 g/mol. The molecule has 4 rings (SSSR count). The van der Waals surface area contributed by atoms with Gasteiger partial charge in [-0.15, -0.1) is 0 Å². The lowest BCUT2D eigenvalue weighted by Crippen LogP contribution is -2.49. The third kappa shape index (κ3) is 4.77. The lowest BCUT2D eigenvalue weighted by molar-refractivity contribution is 0.0745. The van der Waals surface area contributed by atoms with Gasteiger partial charge >= 0.3 is 0 Å². The van der Waals surface area contributed by atoms with E-state index in [2.05, 4.69) is 11.1 Å². The first kappa shape index (κ1) is 21.9. The molecular formula is C23H17Cl2FN4O2. The highest BCUT2D eigenvalue weighted by Gasteiger charge is 2.27. The molecule has 6 nitrogen and oxygen atoms in total.